The lowest BCUT2D eigenvalue weighted by Crippen LogP contribution is -1.88. The second-order valence-corrected chi connectivity index (χ2v) is 6.53. The number of methoxy groups -OCH3 is 2. The number of aromatic nitrogens is 2. The molecule has 32 heavy (non-hydrogen) atoms. The Labute approximate surface area is 187 Å². The maximum atomic E-state index is 8.98. The van der Waals surface area contributed by atoms with E-state index < -0.39 is 0 Å². The molecular formula is C26H20N4O2. The van der Waals surface area contributed by atoms with Crippen LogP contribution in [-0.4, -0.2) is 24.2 Å². The molecule has 0 bridgehead atoms. The predicted molar refractivity (Wildman–Crippen MR) is 122 cm³/mol. The summed E-state index contributed by atoms with van der Waals surface area (Å²) in [7, 11) is 3.11. The van der Waals surface area contributed by atoms with Crippen molar-refractivity contribution in [3.05, 3.63) is 96.6 Å². The molecule has 0 aliphatic heterocycles. The Balaban J connectivity index is 0.000000181. The van der Waals surface area contributed by atoms with E-state index in [0.29, 0.717) is 22.6 Å². The highest BCUT2D eigenvalue weighted by atomic mass is 16.5. The minimum absolute atomic E-state index is 0.531. The molecule has 0 aliphatic rings. The summed E-state index contributed by atoms with van der Waals surface area (Å²) in [6.45, 7) is 0. The summed E-state index contributed by atoms with van der Waals surface area (Å²) in [5.41, 5.74) is 5.04. The summed E-state index contributed by atoms with van der Waals surface area (Å²) >= 11 is 0. The van der Waals surface area contributed by atoms with Crippen LogP contribution in [0.2, 0.25) is 0 Å². The largest absolute Gasteiger partial charge is 0.495 e. The average molecular weight is 420 g/mol. The summed E-state index contributed by atoms with van der Waals surface area (Å²) in [4.78, 5) is 8.00. The monoisotopic (exact) mass is 420 g/mol. The van der Waals surface area contributed by atoms with E-state index in [1.165, 1.54) is 0 Å². The molecule has 0 saturated heterocycles. The molecule has 6 nitrogen and oxygen atoms in total. The Morgan fingerprint density at radius 3 is 1.66 bits per heavy atom. The third kappa shape index (κ3) is 5.27. The molecule has 0 N–H and O–H groups in total. The fourth-order valence-corrected chi connectivity index (χ4v) is 3.03. The lowest BCUT2D eigenvalue weighted by Gasteiger charge is -2.05. The predicted octanol–water partition coefficient (Wildman–Crippen LogP) is 5.26. The van der Waals surface area contributed by atoms with Gasteiger partial charge in [0.2, 0.25) is 0 Å². The van der Waals surface area contributed by atoms with E-state index in [4.69, 9.17) is 20.0 Å². The first kappa shape index (κ1) is 22.0. The Bertz CT molecular complexity index is 1160. The maximum absolute atomic E-state index is 8.98. The second kappa shape index (κ2) is 10.9. The molecule has 156 valence electrons. The van der Waals surface area contributed by atoms with E-state index >= 15 is 0 Å². The molecule has 0 aliphatic carbocycles. The first-order chi connectivity index (χ1) is 15.7. The van der Waals surface area contributed by atoms with E-state index in [1.54, 1.807) is 57.2 Å². The molecule has 0 atom stereocenters. The molecule has 2 aromatic carbocycles. The first-order valence-corrected chi connectivity index (χ1v) is 9.67. The molecule has 2 aromatic heterocycles. The van der Waals surface area contributed by atoms with Crippen LogP contribution in [0.15, 0.2) is 85.5 Å². The summed E-state index contributed by atoms with van der Waals surface area (Å²) in [5.74, 6) is 1.19. The van der Waals surface area contributed by atoms with Crippen molar-refractivity contribution in [1.82, 2.24) is 9.97 Å². The van der Waals surface area contributed by atoms with Crippen LogP contribution < -0.4 is 9.47 Å². The molecule has 2 heterocycles. The van der Waals surface area contributed by atoms with E-state index in [2.05, 4.69) is 22.1 Å². The van der Waals surface area contributed by atoms with Crippen molar-refractivity contribution < 1.29 is 9.47 Å². The van der Waals surface area contributed by atoms with Gasteiger partial charge in [-0.25, -0.2) is 0 Å². The number of ether oxygens (including phenoxy) is 2. The van der Waals surface area contributed by atoms with Gasteiger partial charge in [0.25, 0.3) is 0 Å². The zero-order chi connectivity index (χ0) is 22.8. The minimum Gasteiger partial charge on any atom is -0.495 e. The Morgan fingerprint density at radius 1 is 0.625 bits per heavy atom. The van der Waals surface area contributed by atoms with Gasteiger partial charge in [-0.1, -0.05) is 18.2 Å². The molecular weight excluding hydrogens is 400 g/mol. The Morgan fingerprint density at radius 2 is 1.19 bits per heavy atom. The SMILES string of the molecule is COc1ccc(-c2cccnc2)cc1C#N.COc1ccc(-c2ccncc2)cc1C#N. The van der Waals surface area contributed by atoms with Crippen LogP contribution in [0, 0.1) is 22.7 Å². The zero-order valence-corrected chi connectivity index (χ0v) is 17.7. The Hall–Kier alpha value is -4.68. The van der Waals surface area contributed by atoms with Gasteiger partial charge in [-0.3, -0.25) is 9.97 Å². The highest BCUT2D eigenvalue weighted by Gasteiger charge is 2.05. The lowest BCUT2D eigenvalue weighted by atomic mass is 10.0. The third-order valence-electron chi connectivity index (χ3n) is 4.65. The molecule has 0 spiro atoms. The van der Waals surface area contributed by atoms with Crippen molar-refractivity contribution in [2.75, 3.05) is 14.2 Å². The normalized spacial score (nSPS) is 9.50. The standard InChI is InChI=1S/2C13H10N2O/c1-16-13-3-2-11(8-12(13)9-14)10-4-6-15-7-5-10;1-16-13-5-4-10(7-12(13)8-14)11-3-2-6-15-9-11/h2-8H,1H3;2-7,9H,1H3. The van der Waals surface area contributed by atoms with Gasteiger partial charge in [-0.15, -0.1) is 0 Å². The fourth-order valence-electron chi connectivity index (χ4n) is 3.03. The number of rotatable bonds is 4. The minimum atomic E-state index is 0.531. The molecule has 0 fully saturated rings. The van der Waals surface area contributed by atoms with Crippen LogP contribution in [0.3, 0.4) is 0 Å². The number of hydrogen-bond acceptors (Lipinski definition) is 6. The molecule has 0 saturated carbocycles. The van der Waals surface area contributed by atoms with Crippen molar-refractivity contribution in [2.45, 2.75) is 0 Å². The van der Waals surface area contributed by atoms with Crippen molar-refractivity contribution in [1.29, 1.82) is 10.5 Å². The van der Waals surface area contributed by atoms with Gasteiger partial charge in [0.05, 0.1) is 25.3 Å². The summed E-state index contributed by atoms with van der Waals surface area (Å²) < 4.78 is 10.2. The molecule has 0 amide bonds. The molecule has 4 aromatic rings. The van der Waals surface area contributed by atoms with Crippen molar-refractivity contribution in [3.63, 3.8) is 0 Å². The lowest BCUT2D eigenvalue weighted by molar-refractivity contribution is 0.413. The van der Waals surface area contributed by atoms with Crippen LogP contribution in [-0.2, 0) is 0 Å². The van der Waals surface area contributed by atoms with Gasteiger partial charge < -0.3 is 9.47 Å². The summed E-state index contributed by atoms with van der Waals surface area (Å²) in [5, 5.41) is 18.0. The number of pyridine rings is 2. The third-order valence-corrected chi connectivity index (χ3v) is 4.65. The highest BCUT2D eigenvalue weighted by Crippen LogP contribution is 2.26. The molecule has 0 unspecified atom stereocenters. The topological polar surface area (TPSA) is 91.8 Å². The van der Waals surface area contributed by atoms with E-state index in [-0.39, 0.29) is 0 Å². The average Bonchev–Trinajstić information content (AvgIpc) is 2.89. The molecule has 6 heteroatoms. The van der Waals surface area contributed by atoms with Gasteiger partial charge in [0.1, 0.15) is 23.6 Å². The summed E-state index contributed by atoms with van der Waals surface area (Å²) in [6, 6.07) is 22.9. The first-order valence-electron chi connectivity index (χ1n) is 9.67. The Kier molecular flexibility index (Phi) is 7.51. The van der Waals surface area contributed by atoms with Crippen molar-refractivity contribution >= 4 is 0 Å². The second-order valence-electron chi connectivity index (χ2n) is 6.53. The number of nitrogens with zero attached hydrogens (tertiary/aromatic N) is 4. The van der Waals surface area contributed by atoms with Gasteiger partial charge in [-0.05, 0) is 59.2 Å². The van der Waals surface area contributed by atoms with Gasteiger partial charge in [0, 0.05) is 30.4 Å². The molecule has 4 rings (SSSR count). The van der Waals surface area contributed by atoms with Crippen LogP contribution >= 0.6 is 0 Å². The van der Waals surface area contributed by atoms with E-state index in [1.807, 2.05) is 42.5 Å². The van der Waals surface area contributed by atoms with Gasteiger partial charge >= 0.3 is 0 Å². The summed E-state index contributed by atoms with van der Waals surface area (Å²) in [6.07, 6.45) is 6.94. The van der Waals surface area contributed by atoms with Crippen LogP contribution in [0.1, 0.15) is 11.1 Å². The van der Waals surface area contributed by atoms with E-state index in [9.17, 15) is 0 Å². The fraction of sp³-hybridized carbons (Fsp3) is 0.0769. The number of nitriles is 2. The smallest absolute Gasteiger partial charge is 0.136 e. The van der Waals surface area contributed by atoms with Crippen LogP contribution in [0.4, 0.5) is 0 Å². The zero-order valence-electron chi connectivity index (χ0n) is 17.7. The quantitative estimate of drug-likeness (QED) is 0.447. The van der Waals surface area contributed by atoms with Gasteiger partial charge in [0.15, 0.2) is 0 Å². The molecule has 0 radical (unpaired) electrons. The number of benzene rings is 2. The highest BCUT2D eigenvalue weighted by molar-refractivity contribution is 5.67. The van der Waals surface area contributed by atoms with E-state index in [0.717, 1.165) is 22.3 Å². The number of hydrogen-bond donors (Lipinski definition) is 0. The van der Waals surface area contributed by atoms with Crippen LogP contribution in [0.25, 0.3) is 22.3 Å². The van der Waals surface area contributed by atoms with Crippen molar-refractivity contribution in [3.8, 4) is 45.9 Å². The van der Waals surface area contributed by atoms with Crippen LogP contribution in [0.5, 0.6) is 11.5 Å². The van der Waals surface area contributed by atoms with Crippen molar-refractivity contribution in [2.24, 2.45) is 0 Å². The maximum Gasteiger partial charge on any atom is 0.136 e. The van der Waals surface area contributed by atoms with Gasteiger partial charge in [-0.2, -0.15) is 10.5 Å².